The van der Waals surface area contributed by atoms with Crippen molar-refractivity contribution >= 4 is 5.71 Å². The van der Waals surface area contributed by atoms with E-state index in [-0.39, 0.29) is 0 Å². The van der Waals surface area contributed by atoms with Gasteiger partial charge in [0.05, 0.1) is 0 Å². The quantitative estimate of drug-likeness (QED) is 0.557. The first kappa shape index (κ1) is 7.77. The van der Waals surface area contributed by atoms with Crippen LogP contribution in [0.4, 0.5) is 0 Å². The first-order chi connectivity index (χ1) is 4.72. The lowest BCUT2D eigenvalue weighted by atomic mass is 9.92. The summed E-state index contributed by atoms with van der Waals surface area (Å²) >= 11 is 0. The second-order valence-electron chi connectivity index (χ2n) is 3.51. The zero-order valence-corrected chi connectivity index (χ0v) is 7.22. The van der Waals surface area contributed by atoms with Crippen LogP contribution in [-0.2, 0) is 0 Å². The van der Waals surface area contributed by atoms with Crippen LogP contribution in [0.25, 0.3) is 0 Å². The summed E-state index contributed by atoms with van der Waals surface area (Å²) in [6, 6.07) is 0. The molecule has 0 saturated carbocycles. The highest BCUT2D eigenvalue weighted by Crippen LogP contribution is 2.18. The van der Waals surface area contributed by atoms with Gasteiger partial charge in [0.15, 0.2) is 0 Å². The molecule has 58 valence electrons. The Morgan fingerprint density at radius 1 is 1.30 bits per heavy atom. The smallest absolute Gasteiger partial charge is 0.0392 e. The van der Waals surface area contributed by atoms with Crippen LogP contribution in [0.3, 0.4) is 0 Å². The SMILES string of the molecule is CC(C)C(C)C1=NCCC1. The van der Waals surface area contributed by atoms with Crippen LogP contribution in [0.15, 0.2) is 4.99 Å². The summed E-state index contributed by atoms with van der Waals surface area (Å²) in [6.07, 6.45) is 2.53. The number of rotatable bonds is 2. The van der Waals surface area contributed by atoms with Gasteiger partial charge in [-0.15, -0.1) is 0 Å². The van der Waals surface area contributed by atoms with E-state index >= 15 is 0 Å². The predicted octanol–water partition coefficient (Wildman–Crippen LogP) is 2.51. The molecule has 0 bridgehead atoms. The number of aliphatic imine (C=N–C) groups is 1. The fraction of sp³-hybridized carbons (Fsp3) is 0.889. The second kappa shape index (κ2) is 3.18. The topological polar surface area (TPSA) is 12.4 Å². The monoisotopic (exact) mass is 139 g/mol. The van der Waals surface area contributed by atoms with E-state index in [1.807, 2.05) is 0 Å². The number of hydrogen-bond donors (Lipinski definition) is 0. The average Bonchev–Trinajstić information content (AvgIpc) is 2.36. The van der Waals surface area contributed by atoms with Gasteiger partial charge in [0.2, 0.25) is 0 Å². The van der Waals surface area contributed by atoms with E-state index in [1.54, 1.807) is 0 Å². The Kier molecular flexibility index (Phi) is 2.47. The molecule has 0 radical (unpaired) electrons. The van der Waals surface area contributed by atoms with Crippen LogP contribution in [0.2, 0.25) is 0 Å². The summed E-state index contributed by atoms with van der Waals surface area (Å²) in [5, 5.41) is 0. The molecule has 0 spiro atoms. The molecule has 1 heterocycles. The van der Waals surface area contributed by atoms with Gasteiger partial charge in [-0.3, -0.25) is 4.99 Å². The van der Waals surface area contributed by atoms with Crippen LogP contribution in [0, 0.1) is 11.8 Å². The zero-order valence-electron chi connectivity index (χ0n) is 7.22. The van der Waals surface area contributed by atoms with E-state index in [4.69, 9.17) is 0 Å². The number of hydrogen-bond acceptors (Lipinski definition) is 1. The molecule has 1 unspecified atom stereocenters. The Morgan fingerprint density at radius 2 is 2.00 bits per heavy atom. The molecule has 1 heteroatoms. The summed E-state index contributed by atoms with van der Waals surface area (Å²) in [7, 11) is 0. The lowest BCUT2D eigenvalue weighted by molar-refractivity contribution is 0.528. The van der Waals surface area contributed by atoms with Gasteiger partial charge in [0, 0.05) is 12.3 Å². The van der Waals surface area contributed by atoms with Gasteiger partial charge in [-0.05, 0) is 24.7 Å². The van der Waals surface area contributed by atoms with E-state index in [1.165, 1.54) is 18.6 Å². The molecular weight excluding hydrogens is 122 g/mol. The van der Waals surface area contributed by atoms with Crippen molar-refractivity contribution in [3.05, 3.63) is 0 Å². The molecule has 0 fully saturated rings. The van der Waals surface area contributed by atoms with Gasteiger partial charge in [0.1, 0.15) is 0 Å². The Balaban J connectivity index is 2.47. The molecule has 1 rings (SSSR count). The van der Waals surface area contributed by atoms with Crippen LogP contribution in [0.5, 0.6) is 0 Å². The third-order valence-electron chi connectivity index (χ3n) is 2.43. The predicted molar refractivity (Wildman–Crippen MR) is 45.5 cm³/mol. The summed E-state index contributed by atoms with van der Waals surface area (Å²) in [5.41, 5.74) is 1.45. The maximum atomic E-state index is 4.47. The molecule has 1 nitrogen and oxygen atoms in total. The summed E-state index contributed by atoms with van der Waals surface area (Å²) in [4.78, 5) is 4.47. The van der Waals surface area contributed by atoms with Crippen LogP contribution in [0.1, 0.15) is 33.6 Å². The molecule has 0 amide bonds. The Hall–Kier alpha value is -0.330. The van der Waals surface area contributed by atoms with Gasteiger partial charge in [-0.2, -0.15) is 0 Å². The maximum absolute atomic E-state index is 4.47. The van der Waals surface area contributed by atoms with Gasteiger partial charge < -0.3 is 0 Å². The van der Waals surface area contributed by atoms with Crippen molar-refractivity contribution in [2.45, 2.75) is 33.6 Å². The van der Waals surface area contributed by atoms with E-state index in [0.717, 1.165) is 12.5 Å². The first-order valence-corrected chi connectivity index (χ1v) is 4.25. The highest BCUT2D eigenvalue weighted by atomic mass is 14.8. The highest BCUT2D eigenvalue weighted by molar-refractivity contribution is 5.87. The second-order valence-corrected chi connectivity index (χ2v) is 3.51. The van der Waals surface area contributed by atoms with Crippen molar-refractivity contribution in [1.29, 1.82) is 0 Å². The zero-order chi connectivity index (χ0) is 7.56. The molecule has 0 aromatic carbocycles. The average molecular weight is 139 g/mol. The largest absolute Gasteiger partial charge is 0.294 e. The van der Waals surface area contributed by atoms with Crippen molar-refractivity contribution in [2.24, 2.45) is 16.8 Å². The molecular formula is C9H17N. The molecule has 0 N–H and O–H groups in total. The van der Waals surface area contributed by atoms with Gasteiger partial charge in [-0.25, -0.2) is 0 Å². The third kappa shape index (κ3) is 1.59. The van der Waals surface area contributed by atoms with Crippen molar-refractivity contribution < 1.29 is 0 Å². The van der Waals surface area contributed by atoms with Crippen molar-refractivity contribution in [3.63, 3.8) is 0 Å². The minimum Gasteiger partial charge on any atom is -0.294 e. The van der Waals surface area contributed by atoms with E-state index in [2.05, 4.69) is 25.8 Å². The number of nitrogens with zero attached hydrogens (tertiary/aromatic N) is 1. The van der Waals surface area contributed by atoms with Crippen molar-refractivity contribution in [3.8, 4) is 0 Å². The Bertz CT molecular complexity index is 136. The molecule has 0 saturated heterocycles. The fourth-order valence-electron chi connectivity index (χ4n) is 1.32. The summed E-state index contributed by atoms with van der Waals surface area (Å²) < 4.78 is 0. The Morgan fingerprint density at radius 3 is 2.40 bits per heavy atom. The molecule has 0 aromatic rings. The maximum Gasteiger partial charge on any atom is 0.0392 e. The normalized spacial score (nSPS) is 21.4. The van der Waals surface area contributed by atoms with Crippen LogP contribution >= 0.6 is 0 Å². The lowest BCUT2D eigenvalue weighted by Crippen LogP contribution is -2.14. The summed E-state index contributed by atoms with van der Waals surface area (Å²) in [6.45, 7) is 7.90. The van der Waals surface area contributed by atoms with Gasteiger partial charge in [-0.1, -0.05) is 20.8 Å². The fourth-order valence-corrected chi connectivity index (χ4v) is 1.32. The molecule has 0 aromatic heterocycles. The first-order valence-electron chi connectivity index (χ1n) is 4.25. The van der Waals surface area contributed by atoms with E-state index in [0.29, 0.717) is 5.92 Å². The molecule has 0 aliphatic carbocycles. The summed E-state index contributed by atoms with van der Waals surface area (Å²) in [5.74, 6) is 1.47. The van der Waals surface area contributed by atoms with Gasteiger partial charge >= 0.3 is 0 Å². The molecule has 1 aliphatic heterocycles. The molecule has 1 atom stereocenters. The molecule has 1 aliphatic rings. The highest BCUT2D eigenvalue weighted by Gasteiger charge is 2.16. The lowest BCUT2D eigenvalue weighted by Gasteiger charge is -2.14. The third-order valence-corrected chi connectivity index (χ3v) is 2.43. The van der Waals surface area contributed by atoms with Gasteiger partial charge in [0.25, 0.3) is 0 Å². The molecule has 10 heavy (non-hydrogen) atoms. The van der Waals surface area contributed by atoms with Crippen molar-refractivity contribution in [2.75, 3.05) is 6.54 Å². The van der Waals surface area contributed by atoms with Crippen molar-refractivity contribution in [1.82, 2.24) is 0 Å². The van der Waals surface area contributed by atoms with E-state index in [9.17, 15) is 0 Å². The van der Waals surface area contributed by atoms with E-state index < -0.39 is 0 Å². The minimum atomic E-state index is 0.711. The Labute approximate surface area is 63.5 Å². The van der Waals surface area contributed by atoms with Crippen LogP contribution < -0.4 is 0 Å². The van der Waals surface area contributed by atoms with Crippen LogP contribution in [-0.4, -0.2) is 12.3 Å². The standard InChI is InChI=1S/C9H17N/c1-7(2)8(3)9-5-4-6-10-9/h7-8H,4-6H2,1-3H3. The minimum absolute atomic E-state index is 0.711.